The highest BCUT2D eigenvalue weighted by Crippen LogP contribution is 2.61. The Bertz CT molecular complexity index is 586. The van der Waals surface area contributed by atoms with Crippen molar-refractivity contribution in [3.8, 4) is 0 Å². The second kappa shape index (κ2) is 7.07. The average molecular weight is 362 g/mol. The van der Waals surface area contributed by atoms with Gasteiger partial charge in [0.15, 0.2) is 13.2 Å². The van der Waals surface area contributed by atoms with Crippen molar-refractivity contribution in [3.05, 3.63) is 42.0 Å². The molecule has 0 aromatic heterocycles. The summed E-state index contributed by atoms with van der Waals surface area (Å²) in [4.78, 5) is 0. The topological polar surface area (TPSA) is 35.5 Å². The van der Waals surface area contributed by atoms with Gasteiger partial charge in [0, 0.05) is 0 Å². The van der Waals surface area contributed by atoms with E-state index >= 15 is 0 Å². The zero-order chi connectivity index (χ0) is 17.9. The molecule has 0 radical (unpaired) electrons. The molecule has 3 nitrogen and oxygen atoms in total. The predicted octanol–water partition coefficient (Wildman–Crippen LogP) is 5.32. The van der Waals surface area contributed by atoms with Gasteiger partial charge in [-0.3, -0.25) is 13.6 Å². The van der Waals surface area contributed by atoms with Crippen LogP contribution >= 0.6 is 7.60 Å². The summed E-state index contributed by atoms with van der Waals surface area (Å²) in [6, 6.07) is 5.92. The lowest BCUT2D eigenvalue weighted by Crippen LogP contribution is -2.20. The van der Waals surface area contributed by atoms with Crippen molar-refractivity contribution >= 4 is 12.9 Å². The Morgan fingerprint density at radius 1 is 1.04 bits per heavy atom. The Balaban J connectivity index is 3.10. The summed E-state index contributed by atoms with van der Waals surface area (Å²) in [6.07, 6.45) is -9.77. The number of benzene rings is 1. The minimum absolute atomic E-state index is 0.0974. The van der Waals surface area contributed by atoms with E-state index in [9.17, 15) is 30.9 Å². The maximum Gasteiger partial charge on any atom is 0.412 e. The second-order valence-electron chi connectivity index (χ2n) is 4.54. The van der Waals surface area contributed by atoms with Gasteiger partial charge in [0.1, 0.15) is 0 Å². The molecule has 0 aliphatic heterocycles. The zero-order valence-electron chi connectivity index (χ0n) is 11.9. The van der Waals surface area contributed by atoms with E-state index in [1.165, 1.54) is 25.1 Å². The first kappa shape index (κ1) is 19.7. The van der Waals surface area contributed by atoms with Crippen LogP contribution in [0.2, 0.25) is 0 Å². The molecule has 1 rings (SSSR count). The molecule has 1 aromatic rings. The van der Waals surface area contributed by atoms with Gasteiger partial charge in [-0.25, -0.2) is 0 Å². The summed E-state index contributed by atoms with van der Waals surface area (Å²) in [5.74, 6) is 0. The second-order valence-corrected chi connectivity index (χ2v) is 6.59. The molecule has 1 aromatic carbocycles. The molecule has 0 N–H and O–H groups in total. The molecule has 130 valence electrons. The maximum absolute atomic E-state index is 12.4. The van der Waals surface area contributed by atoms with Gasteiger partial charge in [0.2, 0.25) is 0 Å². The molecule has 0 unspecified atom stereocenters. The molecule has 0 saturated heterocycles. The average Bonchev–Trinajstić information content (AvgIpc) is 2.41. The monoisotopic (exact) mass is 362 g/mol. The summed E-state index contributed by atoms with van der Waals surface area (Å²) >= 11 is 0. The third-order valence-electron chi connectivity index (χ3n) is 2.58. The van der Waals surface area contributed by atoms with Crippen molar-refractivity contribution in [3.63, 3.8) is 0 Å². The molecule has 0 bridgehead atoms. The van der Waals surface area contributed by atoms with Gasteiger partial charge in [-0.05, 0) is 18.1 Å². The number of alkyl halides is 6. The van der Waals surface area contributed by atoms with E-state index in [1.807, 2.05) is 0 Å². The quantitative estimate of drug-likeness (QED) is 0.508. The molecular formula is C13H13F6O3P. The van der Waals surface area contributed by atoms with Crippen LogP contribution in [0.15, 0.2) is 30.8 Å². The fourth-order valence-electron chi connectivity index (χ4n) is 1.55. The smallest absolute Gasteiger partial charge is 0.296 e. The van der Waals surface area contributed by atoms with Crippen molar-refractivity contribution in [1.29, 1.82) is 0 Å². The minimum Gasteiger partial charge on any atom is -0.296 e. The van der Waals surface area contributed by atoms with Crippen LogP contribution in [0.25, 0.3) is 5.31 Å². The molecule has 0 spiro atoms. The third kappa shape index (κ3) is 6.37. The van der Waals surface area contributed by atoms with Crippen molar-refractivity contribution in [2.75, 3.05) is 13.2 Å². The SMILES string of the molecule is C=C(c1ccccc1C)P(=O)(OCC(F)(F)F)OCC(F)(F)F. The number of hydrogen-bond acceptors (Lipinski definition) is 3. The third-order valence-corrected chi connectivity index (χ3v) is 4.42. The summed E-state index contributed by atoms with van der Waals surface area (Å²) in [7, 11) is -4.89. The molecule has 0 atom stereocenters. The molecule has 0 aliphatic rings. The Kier molecular flexibility index (Phi) is 6.06. The Hall–Kier alpha value is -1.31. The van der Waals surface area contributed by atoms with Gasteiger partial charge in [-0.15, -0.1) is 0 Å². The summed E-state index contributed by atoms with van der Waals surface area (Å²) in [5.41, 5.74) is 0.545. The van der Waals surface area contributed by atoms with Crippen LogP contribution in [0.1, 0.15) is 11.1 Å². The van der Waals surface area contributed by atoms with E-state index in [0.717, 1.165) is 0 Å². The molecular weight excluding hydrogens is 349 g/mol. The van der Waals surface area contributed by atoms with Gasteiger partial charge in [0.05, 0.1) is 5.31 Å². The predicted molar refractivity (Wildman–Crippen MR) is 71.8 cm³/mol. The van der Waals surface area contributed by atoms with E-state index < -0.39 is 38.5 Å². The Morgan fingerprint density at radius 3 is 1.87 bits per heavy atom. The normalized spacial score (nSPS) is 13.2. The largest absolute Gasteiger partial charge is 0.412 e. The minimum atomic E-state index is -4.89. The summed E-state index contributed by atoms with van der Waals surface area (Å²) < 4.78 is 94.3. The number of hydrogen-bond donors (Lipinski definition) is 0. The van der Waals surface area contributed by atoms with E-state index in [0.29, 0.717) is 5.56 Å². The highest BCUT2D eigenvalue weighted by Gasteiger charge is 2.40. The van der Waals surface area contributed by atoms with Crippen LogP contribution in [0.4, 0.5) is 26.3 Å². The van der Waals surface area contributed by atoms with Crippen LogP contribution in [-0.4, -0.2) is 25.6 Å². The molecule has 10 heteroatoms. The molecule has 0 heterocycles. The van der Waals surface area contributed by atoms with Crippen LogP contribution in [0.5, 0.6) is 0 Å². The van der Waals surface area contributed by atoms with Crippen LogP contribution in [-0.2, 0) is 13.6 Å². The van der Waals surface area contributed by atoms with Crippen molar-refractivity contribution in [2.45, 2.75) is 19.3 Å². The van der Waals surface area contributed by atoms with Gasteiger partial charge in [-0.2, -0.15) is 26.3 Å². The van der Waals surface area contributed by atoms with Crippen molar-refractivity contribution in [2.24, 2.45) is 0 Å². The molecule has 0 aliphatic carbocycles. The summed E-state index contributed by atoms with van der Waals surface area (Å²) in [6.45, 7) is 0.796. The Labute approximate surface area is 128 Å². The molecule has 0 fully saturated rings. The first-order valence-electron chi connectivity index (χ1n) is 6.12. The van der Waals surface area contributed by atoms with E-state index in [1.54, 1.807) is 6.07 Å². The fraction of sp³-hybridized carbons (Fsp3) is 0.385. The standard InChI is InChI=1S/C13H13F6O3P/c1-9-5-3-4-6-11(9)10(2)23(20,21-7-12(14,15)16)22-8-13(17,18)19/h3-6H,2,7-8H2,1H3. The zero-order valence-corrected chi connectivity index (χ0v) is 12.8. The van der Waals surface area contributed by atoms with E-state index in [-0.39, 0.29) is 5.56 Å². The highest BCUT2D eigenvalue weighted by atomic mass is 31.2. The number of halogens is 6. The van der Waals surface area contributed by atoms with Crippen LogP contribution in [0.3, 0.4) is 0 Å². The maximum atomic E-state index is 12.4. The summed E-state index contributed by atoms with van der Waals surface area (Å²) in [5, 5.41) is -0.566. The molecule has 0 saturated carbocycles. The molecule has 23 heavy (non-hydrogen) atoms. The highest BCUT2D eigenvalue weighted by molar-refractivity contribution is 7.65. The first-order valence-corrected chi connectivity index (χ1v) is 7.66. The van der Waals surface area contributed by atoms with Gasteiger partial charge < -0.3 is 0 Å². The fourth-order valence-corrected chi connectivity index (χ4v) is 3.12. The Morgan fingerprint density at radius 2 is 1.48 bits per heavy atom. The van der Waals surface area contributed by atoms with Crippen LogP contribution < -0.4 is 0 Å². The van der Waals surface area contributed by atoms with E-state index in [4.69, 9.17) is 0 Å². The number of aryl methyl sites for hydroxylation is 1. The van der Waals surface area contributed by atoms with E-state index in [2.05, 4.69) is 15.6 Å². The van der Waals surface area contributed by atoms with Gasteiger partial charge >= 0.3 is 19.9 Å². The van der Waals surface area contributed by atoms with Crippen LogP contribution in [0, 0.1) is 6.92 Å². The van der Waals surface area contributed by atoms with Gasteiger partial charge in [-0.1, -0.05) is 30.8 Å². The lowest BCUT2D eigenvalue weighted by molar-refractivity contribution is -0.164. The molecule has 0 amide bonds. The van der Waals surface area contributed by atoms with Crippen molar-refractivity contribution in [1.82, 2.24) is 0 Å². The lowest BCUT2D eigenvalue weighted by Gasteiger charge is -2.22. The number of rotatable bonds is 6. The van der Waals surface area contributed by atoms with Gasteiger partial charge in [0.25, 0.3) is 0 Å². The van der Waals surface area contributed by atoms with Crippen molar-refractivity contribution < 1.29 is 40.0 Å². The lowest BCUT2D eigenvalue weighted by atomic mass is 10.1. The first-order chi connectivity index (χ1) is 10.3.